The Morgan fingerprint density at radius 1 is 0.980 bits per heavy atom. The maximum absolute atomic E-state index is 14.8. The zero-order valence-corrected chi connectivity index (χ0v) is 30.3. The zero-order valence-electron chi connectivity index (χ0n) is 28.1. The van der Waals surface area contributed by atoms with Crippen molar-refractivity contribution in [1.82, 2.24) is 10.4 Å². The van der Waals surface area contributed by atoms with Crippen molar-refractivity contribution in [2.75, 3.05) is 6.61 Å². The zero-order chi connectivity index (χ0) is 35.3. The number of esters is 2. The van der Waals surface area contributed by atoms with Gasteiger partial charge in [-0.3, -0.25) is 19.2 Å². The number of hydrogen-bond donors (Lipinski definition) is 2. The number of aliphatic hydroxyl groups is 1. The van der Waals surface area contributed by atoms with Crippen LogP contribution in [0.15, 0.2) is 84.9 Å². The summed E-state index contributed by atoms with van der Waals surface area (Å²) in [4.78, 5) is 48.2. The van der Waals surface area contributed by atoms with Gasteiger partial charge in [-0.15, -0.1) is 0 Å². The lowest BCUT2D eigenvalue weighted by Crippen LogP contribution is -2.70. The number of hydrogen-bond acceptors (Lipinski definition) is 10. The molecule has 2 bridgehead atoms. The summed E-state index contributed by atoms with van der Waals surface area (Å²) >= 11 is 2.24. The van der Waals surface area contributed by atoms with Crippen molar-refractivity contribution >= 4 is 40.4 Å². The molecule has 4 aliphatic rings. The Kier molecular flexibility index (Phi) is 9.54. The second kappa shape index (κ2) is 13.6. The number of rotatable bonds is 10. The lowest BCUT2D eigenvalue weighted by Gasteiger charge is -2.49. The first-order valence-electron chi connectivity index (χ1n) is 16.9. The molecular weight excluding hydrogens is 755 g/mol. The fraction of sp³-hybridized carbons (Fsp3) is 0.447. The Bertz CT molecular complexity index is 1700. The predicted molar refractivity (Wildman–Crippen MR) is 188 cm³/mol. The molecule has 3 heterocycles. The average Bonchev–Trinajstić information content (AvgIpc) is 3.67. The van der Waals surface area contributed by atoms with Gasteiger partial charge in [0.05, 0.1) is 19.2 Å². The number of aliphatic hydroxyl groups excluding tert-OH is 1. The van der Waals surface area contributed by atoms with E-state index in [1.807, 2.05) is 84.9 Å². The number of hydroxylamine groups is 2. The van der Waals surface area contributed by atoms with Crippen LogP contribution in [-0.2, 0) is 50.5 Å². The molecule has 1 amide bonds. The second-order valence-electron chi connectivity index (χ2n) is 14.3. The summed E-state index contributed by atoms with van der Waals surface area (Å²) in [6.45, 7) is 5.12. The predicted octanol–water partition coefficient (Wildman–Crippen LogP) is 4.38. The number of nitrogens with one attached hydrogen (secondary N) is 1. The van der Waals surface area contributed by atoms with Gasteiger partial charge in [0.1, 0.15) is 35.4 Å². The Balaban J connectivity index is 1.27. The fourth-order valence-corrected chi connectivity index (χ4v) is 8.25. The van der Waals surface area contributed by atoms with Crippen LogP contribution in [0.2, 0.25) is 0 Å². The van der Waals surface area contributed by atoms with Crippen LogP contribution in [0.4, 0.5) is 0 Å². The SMILES string of the molecule is CC(C)(C)OC(=O)CC[C@@H](CO)NC(=O)[C@@]12C[C@H]3OC(=O)[C@@H]1N(Cc1ccccc1I)O[C@@H]2[C@H]1OC(c2ccccc2)(c2ccccc2)O[C@H]13. The quantitative estimate of drug-likeness (QED) is 0.225. The van der Waals surface area contributed by atoms with Crippen molar-refractivity contribution in [3.05, 3.63) is 105 Å². The number of ether oxygens (including phenoxy) is 4. The van der Waals surface area contributed by atoms with E-state index in [0.717, 1.165) is 20.3 Å². The van der Waals surface area contributed by atoms with Crippen LogP contribution >= 0.6 is 22.6 Å². The number of nitrogens with zero attached hydrogens (tertiary/aromatic N) is 1. The van der Waals surface area contributed by atoms with Crippen molar-refractivity contribution in [2.24, 2.45) is 5.41 Å². The molecule has 7 atom stereocenters. The largest absolute Gasteiger partial charge is 0.460 e. The highest BCUT2D eigenvalue weighted by Gasteiger charge is 2.76. The summed E-state index contributed by atoms with van der Waals surface area (Å²) in [5.41, 5.74) is 0.262. The average molecular weight is 797 g/mol. The van der Waals surface area contributed by atoms with E-state index in [0.29, 0.717) is 0 Å². The van der Waals surface area contributed by atoms with Gasteiger partial charge in [-0.05, 0) is 61.4 Å². The highest BCUT2D eigenvalue weighted by molar-refractivity contribution is 14.1. The maximum atomic E-state index is 14.8. The molecule has 11 nitrogen and oxygen atoms in total. The van der Waals surface area contributed by atoms with Crippen molar-refractivity contribution in [1.29, 1.82) is 0 Å². The first-order chi connectivity index (χ1) is 23.9. The molecule has 0 aromatic heterocycles. The fourth-order valence-electron chi connectivity index (χ4n) is 7.70. The number of halogens is 1. The Hall–Kier alpha value is -3.40. The van der Waals surface area contributed by atoms with Gasteiger partial charge in [0.25, 0.3) is 0 Å². The van der Waals surface area contributed by atoms with Gasteiger partial charge < -0.3 is 29.4 Å². The third kappa shape index (κ3) is 6.24. The normalized spacial score (nSPS) is 28.7. The monoisotopic (exact) mass is 796 g/mol. The molecule has 3 saturated heterocycles. The lowest BCUT2D eigenvalue weighted by molar-refractivity contribution is -0.213. The summed E-state index contributed by atoms with van der Waals surface area (Å²) < 4.78 is 26.5. The summed E-state index contributed by atoms with van der Waals surface area (Å²) in [6, 6.07) is 25.0. The van der Waals surface area contributed by atoms with Gasteiger partial charge in [0.15, 0.2) is 6.04 Å². The molecule has 3 aromatic carbocycles. The maximum Gasteiger partial charge on any atom is 0.327 e. The molecule has 3 aromatic rings. The Morgan fingerprint density at radius 2 is 1.60 bits per heavy atom. The van der Waals surface area contributed by atoms with E-state index in [2.05, 4.69) is 27.9 Å². The molecule has 4 fully saturated rings. The van der Waals surface area contributed by atoms with Crippen molar-refractivity contribution in [3.63, 3.8) is 0 Å². The van der Waals surface area contributed by atoms with Crippen LogP contribution in [-0.4, -0.2) is 76.7 Å². The third-order valence-electron chi connectivity index (χ3n) is 9.84. The van der Waals surface area contributed by atoms with Crippen LogP contribution in [0.5, 0.6) is 0 Å². The molecule has 3 aliphatic heterocycles. The molecule has 1 aliphatic carbocycles. The van der Waals surface area contributed by atoms with E-state index in [1.54, 1.807) is 25.8 Å². The van der Waals surface area contributed by atoms with Crippen molar-refractivity contribution in [2.45, 2.75) is 94.5 Å². The molecule has 264 valence electrons. The molecule has 7 rings (SSSR count). The summed E-state index contributed by atoms with van der Waals surface area (Å²) in [5, 5.41) is 14.9. The van der Waals surface area contributed by atoms with E-state index in [4.69, 9.17) is 23.8 Å². The van der Waals surface area contributed by atoms with Gasteiger partial charge >= 0.3 is 11.9 Å². The molecule has 0 spiro atoms. The minimum atomic E-state index is -1.46. The van der Waals surface area contributed by atoms with Gasteiger partial charge in [-0.25, -0.2) is 0 Å². The molecular formula is C38H41IN2O9. The highest BCUT2D eigenvalue weighted by atomic mass is 127. The molecule has 1 saturated carbocycles. The van der Waals surface area contributed by atoms with E-state index < -0.39 is 77.8 Å². The number of benzene rings is 3. The van der Waals surface area contributed by atoms with E-state index in [9.17, 15) is 19.5 Å². The molecule has 0 unspecified atom stereocenters. The standard InChI is InChI=1S/C38H41IN2O9/c1-36(2,3)47-29(43)19-18-26(22-42)40-35(45)37-20-28-30-31(49-38(48-30,24-13-6-4-7-14-24)25-15-8-5-9-16-25)33(37)50-41(32(37)34(44)46-28)21-23-12-10-11-17-27(23)39/h4-17,26,28,30-33,42H,18-22H2,1-3H3,(H,40,45)/t26-,28+,30-,31-,32-,33+,37-/m0/s1. The minimum absolute atomic E-state index is 0.0132. The number of fused-ring (bicyclic) bond motifs is 4. The Labute approximate surface area is 304 Å². The number of carbonyl (C=O) groups is 3. The minimum Gasteiger partial charge on any atom is -0.460 e. The van der Waals surface area contributed by atoms with Crippen LogP contribution < -0.4 is 5.32 Å². The van der Waals surface area contributed by atoms with Crippen LogP contribution in [0.25, 0.3) is 0 Å². The number of carbonyl (C=O) groups excluding carboxylic acids is 3. The summed E-state index contributed by atoms with van der Waals surface area (Å²) in [6.07, 6.45) is -3.14. The number of amides is 1. The second-order valence-corrected chi connectivity index (χ2v) is 15.5. The lowest BCUT2D eigenvalue weighted by atomic mass is 9.62. The van der Waals surface area contributed by atoms with E-state index in [-0.39, 0.29) is 25.8 Å². The Morgan fingerprint density at radius 3 is 2.22 bits per heavy atom. The summed E-state index contributed by atoms with van der Waals surface area (Å²) in [5.74, 6) is -2.90. The van der Waals surface area contributed by atoms with Crippen molar-refractivity contribution < 1.29 is 43.3 Å². The van der Waals surface area contributed by atoms with Gasteiger partial charge in [0.2, 0.25) is 11.7 Å². The van der Waals surface area contributed by atoms with Gasteiger partial charge in [-0.1, -0.05) is 78.9 Å². The van der Waals surface area contributed by atoms with Crippen LogP contribution in [0, 0.1) is 8.99 Å². The van der Waals surface area contributed by atoms with Gasteiger partial charge in [0, 0.05) is 27.5 Å². The molecule has 50 heavy (non-hydrogen) atoms. The molecule has 2 N–H and O–H groups in total. The molecule has 0 radical (unpaired) electrons. The van der Waals surface area contributed by atoms with E-state index >= 15 is 0 Å². The third-order valence-corrected chi connectivity index (χ3v) is 10.9. The summed E-state index contributed by atoms with van der Waals surface area (Å²) in [7, 11) is 0. The highest BCUT2D eigenvalue weighted by Crippen LogP contribution is 2.59. The first kappa shape index (κ1) is 35.0. The smallest absolute Gasteiger partial charge is 0.327 e. The van der Waals surface area contributed by atoms with Gasteiger partial charge in [-0.2, -0.15) is 5.06 Å². The van der Waals surface area contributed by atoms with Crippen LogP contribution in [0.3, 0.4) is 0 Å². The molecule has 12 heteroatoms. The topological polar surface area (TPSA) is 133 Å². The first-order valence-corrected chi connectivity index (χ1v) is 18.0. The van der Waals surface area contributed by atoms with E-state index in [1.165, 1.54) is 0 Å². The van der Waals surface area contributed by atoms with Crippen molar-refractivity contribution in [3.8, 4) is 0 Å². The van der Waals surface area contributed by atoms with Crippen LogP contribution in [0.1, 0.15) is 56.7 Å².